The molecule has 1 aromatic rings. The van der Waals surface area contributed by atoms with Crippen molar-refractivity contribution in [2.75, 3.05) is 26.3 Å². The van der Waals surface area contributed by atoms with Crippen molar-refractivity contribution in [1.82, 2.24) is 10.2 Å². The average Bonchev–Trinajstić information content (AvgIpc) is 2.80. The van der Waals surface area contributed by atoms with Crippen LogP contribution in [0, 0.1) is 0 Å². The highest BCUT2D eigenvalue weighted by molar-refractivity contribution is 7.11. The van der Waals surface area contributed by atoms with E-state index in [1.54, 1.807) is 0 Å². The van der Waals surface area contributed by atoms with Crippen LogP contribution in [0.3, 0.4) is 0 Å². The Balaban J connectivity index is 1.82. The molecule has 1 N–H and O–H groups in total. The molecule has 0 bridgehead atoms. The van der Waals surface area contributed by atoms with E-state index in [4.69, 9.17) is 4.74 Å². The quantitative estimate of drug-likeness (QED) is 0.802. The first-order valence-corrected chi connectivity index (χ1v) is 7.71. The van der Waals surface area contributed by atoms with Crippen molar-refractivity contribution in [3.05, 3.63) is 21.9 Å². The highest BCUT2D eigenvalue weighted by atomic mass is 32.1. The highest BCUT2D eigenvalue weighted by Gasteiger charge is 2.19. The molecule has 2 heterocycles. The summed E-state index contributed by atoms with van der Waals surface area (Å²) < 4.78 is 5.47. The monoisotopic (exact) mass is 268 g/mol. The number of nitrogens with one attached hydrogen (secondary N) is 1. The lowest BCUT2D eigenvalue weighted by Gasteiger charge is -2.32. The Bertz CT molecular complexity index is 353. The Morgan fingerprint density at radius 3 is 3.06 bits per heavy atom. The van der Waals surface area contributed by atoms with Crippen molar-refractivity contribution in [3.63, 3.8) is 0 Å². The van der Waals surface area contributed by atoms with Gasteiger partial charge in [0, 0.05) is 35.4 Å². The topological polar surface area (TPSA) is 24.5 Å². The molecule has 1 aromatic heterocycles. The fraction of sp³-hybridized carbons (Fsp3) is 0.714. The van der Waals surface area contributed by atoms with Crippen LogP contribution in [0.15, 0.2) is 12.1 Å². The molecular formula is C14H24N2OS. The van der Waals surface area contributed by atoms with Gasteiger partial charge in [-0.25, -0.2) is 0 Å². The van der Waals surface area contributed by atoms with Crippen LogP contribution in [0.4, 0.5) is 0 Å². The molecule has 4 heteroatoms. The molecule has 1 aliphatic heterocycles. The molecule has 1 saturated heterocycles. The summed E-state index contributed by atoms with van der Waals surface area (Å²) in [5.41, 5.74) is 0. The van der Waals surface area contributed by atoms with E-state index in [9.17, 15) is 0 Å². The molecule has 2 rings (SSSR count). The summed E-state index contributed by atoms with van der Waals surface area (Å²) in [5, 5.41) is 3.45. The molecule has 1 atom stereocenters. The standard InChI is InChI=1S/C14H24N2OS/c1-3-6-15-9-13-4-5-14(18-13)10-16-7-8-17-11-12(16)2/h4-5,12,15H,3,6-11H2,1-2H3. The van der Waals surface area contributed by atoms with Gasteiger partial charge >= 0.3 is 0 Å². The van der Waals surface area contributed by atoms with Gasteiger partial charge in [-0.1, -0.05) is 6.92 Å². The van der Waals surface area contributed by atoms with E-state index >= 15 is 0 Å². The van der Waals surface area contributed by atoms with Gasteiger partial charge in [0.15, 0.2) is 0 Å². The van der Waals surface area contributed by atoms with Crippen LogP contribution in [-0.2, 0) is 17.8 Å². The fourth-order valence-corrected chi connectivity index (χ4v) is 3.20. The lowest BCUT2D eigenvalue weighted by molar-refractivity contribution is -0.00391. The number of ether oxygens (including phenoxy) is 1. The number of nitrogens with zero attached hydrogens (tertiary/aromatic N) is 1. The molecule has 1 unspecified atom stereocenters. The maximum Gasteiger partial charge on any atom is 0.0619 e. The first-order chi connectivity index (χ1) is 8.79. The maximum absolute atomic E-state index is 5.47. The van der Waals surface area contributed by atoms with E-state index in [1.165, 1.54) is 16.2 Å². The van der Waals surface area contributed by atoms with Crippen LogP contribution in [0.1, 0.15) is 30.0 Å². The predicted molar refractivity (Wildman–Crippen MR) is 77.0 cm³/mol. The van der Waals surface area contributed by atoms with E-state index in [0.29, 0.717) is 6.04 Å². The van der Waals surface area contributed by atoms with Gasteiger partial charge in [0.1, 0.15) is 0 Å². The Morgan fingerprint density at radius 2 is 2.28 bits per heavy atom. The summed E-state index contributed by atoms with van der Waals surface area (Å²) in [6.07, 6.45) is 1.20. The van der Waals surface area contributed by atoms with Crippen LogP contribution in [0.25, 0.3) is 0 Å². The lowest BCUT2D eigenvalue weighted by atomic mass is 10.2. The lowest BCUT2D eigenvalue weighted by Crippen LogP contribution is -2.42. The summed E-state index contributed by atoms with van der Waals surface area (Å²) >= 11 is 1.93. The second-order valence-corrected chi connectivity index (χ2v) is 6.19. The third-order valence-corrected chi connectivity index (χ3v) is 4.38. The molecular weight excluding hydrogens is 244 g/mol. The molecule has 0 aromatic carbocycles. The van der Waals surface area contributed by atoms with E-state index in [0.717, 1.165) is 39.4 Å². The SMILES string of the molecule is CCCNCc1ccc(CN2CCOCC2C)s1. The van der Waals surface area contributed by atoms with Gasteiger partial charge in [0.05, 0.1) is 13.2 Å². The van der Waals surface area contributed by atoms with Crippen molar-refractivity contribution in [1.29, 1.82) is 0 Å². The van der Waals surface area contributed by atoms with Gasteiger partial charge in [0.25, 0.3) is 0 Å². The molecule has 0 radical (unpaired) electrons. The summed E-state index contributed by atoms with van der Waals surface area (Å²) in [6.45, 7) is 10.4. The number of hydrogen-bond acceptors (Lipinski definition) is 4. The van der Waals surface area contributed by atoms with Gasteiger partial charge in [-0.3, -0.25) is 4.90 Å². The second-order valence-electron chi connectivity index (χ2n) is 4.94. The van der Waals surface area contributed by atoms with E-state index in [1.807, 2.05) is 11.3 Å². The van der Waals surface area contributed by atoms with Crippen LogP contribution in [-0.4, -0.2) is 37.2 Å². The molecule has 0 aliphatic carbocycles. The Kier molecular flexibility index (Phi) is 5.63. The molecule has 102 valence electrons. The first kappa shape index (κ1) is 14.0. The van der Waals surface area contributed by atoms with Gasteiger partial charge in [-0.15, -0.1) is 11.3 Å². The van der Waals surface area contributed by atoms with Crippen LogP contribution < -0.4 is 5.32 Å². The third kappa shape index (κ3) is 4.05. The van der Waals surface area contributed by atoms with E-state index in [2.05, 4.69) is 36.2 Å². The van der Waals surface area contributed by atoms with Crippen molar-refractivity contribution >= 4 is 11.3 Å². The van der Waals surface area contributed by atoms with E-state index in [-0.39, 0.29) is 0 Å². The number of rotatable bonds is 6. The highest BCUT2D eigenvalue weighted by Crippen LogP contribution is 2.20. The molecule has 0 amide bonds. The summed E-state index contributed by atoms with van der Waals surface area (Å²) in [4.78, 5) is 5.43. The van der Waals surface area contributed by atoms with Gasteiger partial charge in [0.2, 0.25) is 0 Å². The summed E-state index contributed by atoms with van der Waals surface area (Å²) in [6, 6.07) is 5.08. The Morgan fingerprint density at radius 1 is 1.44 bits per heavy atom. The zero-order valence-electron chi connectivity index (χ0n) is 11.4. The molecule has 0 spiro atoms. The van der Waals surface area contributed by atoms with Gasteiger partial charge in [-0.05, 0) is 32.0 Å². The van der Waals surface area contributed by atoms with Crippen LogP contribution in [0.5, 0.6) is 0 Å². The number of hydrogen-bond donors (Lipinski definition) is 1. The molecule has 0 saturated carbocycles. The zero-order valence-corrected chi connectivity index (χ0v) is 12.3. The summed E-state index contributed by atoms with van der Waals surface area (Å²) in [5.74, 6) is 0. The number of thiophene rings is 1. The van der Waals surface area contributed by atoms with Crippen LogP contribution >= 0.6 is 11.3 Å². The van der Waals surface area contributed by atoms with Gasteiger partial charge in [-0.2, -0.15) is 0 Å². The Labute approximate surface area is 114 Å². The Hall–Kier alpha value is -0.420. The normalized spacial score (nSPS) is 21.3. The molecule has 18 heavy (non-hydrogen) atoms. The van der Waals surface area contributed by atoms with Crippen molar-refractivity contribution in [3.8, 4) is 0 Å². The van der Waals surface area contributed by atoms with Gasteiger partial charge < -0.3 is 10.1 Å². The maximum atomic E-state index is 5.47. The minimum atomic E-state index is 0.544. The minimum Gasteiger partial charge on any atom is -0.379 e. The third-order valence-electron chi connectivity index (χ3n) is 3.31. The predicted octanol–water partition coefficient (Wildman–Crippen LogP) is 2.47. The smallest absolute Gasteiger partial charge is 0.0619 e. The molecule has 3 nitrogen and oxygen atoms in total. The largest absolute Gasteiger partial charge is 0.379 e. The average molecular weight is 268 g/mol. The molecule has 1 aliphatic rings. The summed E-state index contributed by atoms with van der Waals surface area (Å²) in [7, 11) is 0. The van der Waals surface area contributed by atoms with Crippen LogP contribution in [0.2, 0.25) is 0 Å². The van der Waals surface area contributed by atoms with Crippen molar-refractivity contribution in [2.45, 2.75) is 39.4 Å². The van der Waals surface area contributed by atoms with E-state index < -0.39 is 0 Å². The zero-order chi connectivity index (χ0) is 12.8. The van der Waals surface area contributed by atoms with Crippen molar-refractivity contribution in [2.24, 2.45) is 0 Å². The number of morpholine rings is 1. The fourth-order valence-electron chi connectivity index (χ4n) is 2.19. The molecule has 1 fully saturated rings. The minimum absolute atomic E-state index is 0.544. The van der Waals surface area contributed by atoms with Crippen molar-refractivity contribution < 1.29 is 4.74 Å². The first-order valence-electron chi connectivity index (χ1n) is 6.89. The second kappa shape index (κ2) is 7.24.